The third-order valence-electron chi connectivity index (χ3n) is 4.51. The first-order valence-corrected chi connectivity index (χ1v) is 8.19. The monoisotopic (exact) mass is 281 g/mol. The maximum atomic E-state index is 13.5. The van der Waals surface area contributed by atoms with Crippen molar-refractivity contribution >= 4 is 11.8 Å². The van der Waals surface area contributed by atoms with Crippen LogP contribution in [0.25, 0.3) is 0 Å². The van der Waals surface area contributed by atoms with Gasteiger partial charge in [0.1, 0.15) is 5.82 Å². The van der Waals surface area contributed by atoms with Crippen molar-refractivity contribution in [2.24, 2.45) is 23.5 Å². The molecular formula is C16H24FNS. The van der Waals surface area contributed by atoms with E-state index in [-0.39, 0.29) is 11.9 Å². The predicted molar refractivity (Wildman–Crippen MR) is 80.8 cm³/mol. The third kappa shape index (κ3) is 3.96. The third-order valence-corrected chi connectivity index (χ3v) is 5.71. The fraction of sp³-hybridized carbons (Fsp3) is 0.625. The molecule has 0 amide bonds. The van der Waals surface area contributed by atoms with Crippen molar-refractivity contribution in [1.82, 2.24) is 0 Å². The van der Waals surface area contributed by atoms with Gasteiger partial charge in [-0.15, -0.1) is 11.8 Å². The van der Waals surface area contributed by atoms with E-state index >= 15 is 0 Å². The molecule has 1 fully saturated rings. The highest BCUT2D eigenvalue weighted by Gasteiger charge is 2.28. The van der Waals surface area contributed by atoms with E-state index in [0.717, 1.165) is 22.5 Å². The summed E-state index contributed by atoms with van der Waals surface area (Å²) in [4.78, 5) is 0.718. The second kappa shape index (κ2) is 6.76. The van der Waals surface area contributed by atoms with E-state index in [4.69, 9.17) is 5.73 Å². The van der Waals surface area contributed by atoms with Crippen molar-refractivity contribution in [3.63, 3.8) is 0 Å². The second-order valence-corrected chi connectivity index (χ2v) is 6.99. The molecule has 4 atom stereocenters. The number of rotatable bonds is 4. The van der Waals surface area contributed by atoms with Gasteiger partial charge in [-0.2, -0.15) is 0 Å². The highest BCUT2D eigenvalue weighted by molar-refractivity contribution is 7.99. The highest BCUT2D eigenvalue weighted by atomic mass is 32.2. The van der Waals surface area contributed by atoms with Crippen LogP contribution in [0.2, 0.25) is 0 Å². The van der Waals surface area contributed by atoms with Gasteiger partial charge in [0.25, 0.3) is 0 Å². The first-order chi connectivity index (χ1) is 9.08. The van der Waals surface area contributed by atoms with E-state index in [1.54, 1.807) is 17.8 Å². The Labute approximate surface area is 120 Å². The van der Waals surface area contributed by atoms with Crippen LogP contribution in [-0.4, -0.2) is 11.8 Å². The lowest BCUT2D eigenvalue weighted by molar-refractivity contribution is 0.192. The summed E-state index contributed by atoms with van der Waals surface area (Å²) in [5, 5.41) is 0. The van der Waals surface area contributed by atoms with Crippen LogP contribution in [0.1, 0.15) is 33.1 Å². The standard InChI is InChI=1S/C16H24FNS/c1-11-7-8-13(9-12(11)2)15(18)10-19-16-6-4-3-5-14(16)17/h3-6,11-13,15H,7-10,18H2,1-2H3. The molecule has 1 aliphatic rings. The first-order valence-electron chi connectivity index (χ1n) is 7.21. The molecule has 2 rings (SSSR count). The van der Waals surface area contributed by atoms with Gasteiger partial charge >= 0.3 is 0 Å². The van der Waals surface area contributed by atoms with E-state index in [1.165, 1.54) is 25.3 Å². The Kier molecular flexibility index (Phi) is 5.28. The summed E-state index contributed by atoms with van der Waals surface area (Å²) in [7, 11) is 0. The molecule has 0 bridgehead atoms. The smallest absolute Gasteiger partial charge is 0.136 e. The van der Waals surface area contributed by atoms with Crippen LogP contribution in [0.15, 0.2) is 29.2 Å². The molecule has 1 nitrogen and oxygen atoms in total. The Morgan fingerprint density at radius 1 is 1.26 bits per heavy atom. The lowest BCUT2D eigenvalue weighted by Crippen LogP contribution is -2.37. The van der Waals surface area contributed by atoms with Gasteiger partial charge in [0.05, 0.1) is 0 Å². The number of thioether (sulfide) groups is 1. The predicted octanol–water partition coefficient (Wildman–Crippen LogP) is 4.32. The molecule has 1 aromatic rings. The van der Waals surface area contributed by atoms with Gasteiger partial charge in [-0.25, -0.2) is 4.39 Å². The number of halogens is 1. The van der Waals surface area contributed by atoms with Gasteiger partial charge in [-0.3, -0.25) is 0 Å². The van der Waals surface area contributed by atoms with Gasteiger partial charge in [0, 0.05) is 16.7 Å². The van der Waals surface area contributed by atoms with Gasteiger partial charge in [0.15, 0.2) is 0 Å². The molecule has 106 valence electrons. The molecule has 0 aromatic heterocycles. The van der Waals surface area contributed by atoms with E-state index in [9.17, 15) is 4.39 Å². The lowest BCUT2D eigenvalue weighted by Gasteiger charge is -2.35. The summed E-state index contributed by atoms with van der Waals surface area (Å²) in [6, 6.07) is 7.13. The molecule has 0 aliphatic heterocycles. The molecule has 1 aromatic carbocycles. The second-order valence-electron chi connectivity index (χ2n) is 5.93. The quantitative estimate of drug-likeness (QED) is 0.832. The Morgan fingerprint density at radius 3 is 2.68 bits per heavy atom. The molecule has 2 N–H and O–H groups in total. The molecule has 0 spiro atoms. The van der Waals surface area contributed by atoms with Crippen molar-refractivity contribution in [3.8, 4) is 0 Å². The normalized spacial score (nSPS) is 29.2. The molecule has 1 saturated carbocycles. The molecule has 3 heteroatoms. The molecule has 1 aliphatic carbocycles. The minimum absolute atomic E-state index is 0.134. The number of nitrogens with two attached hydrogens (primary N) is 1. The van der Waals surface area contributed by atoms with Crippen molar-refractivity contribution < 1.29 is 4.39 Å². The molecule has 0 saturated heterocycles. The number of benzene rings is 1. The summed E-state index contributed by atoms with van der Waals surface area (Å²) in [5.41, 5.74) is 6.31. The van der Waals surface area contributed by atoms with E-state index in [0.29, 0.717) is 5.92 Å². The molecule has 4 unspecified atom stereocenters. The van der Waals surface area contributed by atoms with Crippen LogP contribution >= 0.6 is 11.8 Å². The maximum absolute atomic E-state index is 13.5. The van der Waals surface area contributed by atoms with Crippen molar-refractivity contribution in [2.45, 2.75) is 44.0 Å². The van der Waals surface area contributed by atoms with Gasteiger partial charge in [-0.1, -0.05) is 32.4 Å². The average Bonchev–Trinajstić information content (AvgIpc) is 2.40. The van der Waals surface area contributed by atoms with Gasteiger partial charge in [-0.05, 0) is 42.7 Å². The Morgan fingerprint density at radius 2 is 2.00 bits per heavy atom. The molecular weight excluding hydrogens is 257 g/mol. The fourth-order valence-electron chi connectivity index (χ4n) is 2.86. The topological polar surface area (TPSA) is 26.0 Å². The van der Waals surface area contributed by atoms with Crippen LogP contribution < -0.4 is 5.73 Å². The largest absolute Gasteiger partial charge is 0.327 e. The fourth-order valence-corrected chi connectivity index (χ4v) is 3.89. The van der Waals surface area contributed by atoms with E-state index < -0.39 is 0 Å². The minimum atomic E-state index is -0.134. The van der Waals surface area contributed by atoms with Crippen LogP contribution in [0.3, 0.4) is 0 Å². The summed E-state index contributed by atoms with van der Waals surface area (Å²) >= 11 is 1.55. The summed E-state index contributed by atoms with van der Waals surface area (Å²) in [6.07, 6.45) is 3.73. The zero-order chi connectivity index (χ0) is 13.8. The van der Waals surface area contributed by atoms with Crippen molar-refractivity contribution in [1.29, 1.82) is 0 Å². The SMILES string of the molecule is CC1CCC(C(N)CSc2ccccc2F)CC1C. The van der Waals surface area contributed by atoms with Crippen molar-refractivity contribution in [3.05, 3.63) is 30.1 Å². The number of hydrogen-bond acceptors (Lipinski definition) is 2. The van der Waals surface area contributed by atoms with Crippen LogP contribution in [-0.2, 0) is 0 Å². The summed E-state index contributed by atoms with van der Waals surface area (Å²) in [6.45, 7) is 4.66. The Balaban J connectivity index is 1.85. The first kappa shape index (κ1) is 14.9. The van der Waals surface area contributed by atoms with Gasteiger partial charge in [0.2, 0.25) is 0 Å². The van der Waals surface area contributed by atoms with Crippen molar-refractivity contribution in [2.75, 3.05) is 5.75 Å². The average molecular weight is 281 g/mol. The van der Waals surface area contributed by atoms with Crippen LogP contribution in [0.4, 0.5) is 4.39 Å². The van der Waals surface area contributed by atoms with Crippen LogP contribution in [0, 0.1) is 23.6 Å². The Bertz CT molecular complexity index is 409. The van der Waals surface area contributed by atoms with E-state index in [2.05, 4.69) is 13.8 Å². The molecule has 19 heavy (non-hydrogen) atoms. The highest BCUT2D eigenvalue weighted by Crippen LogP contribution is 2.35. The maximum Gasteiger partial charge on any atom is 0.136 e. The molecule has 0 radical (unpaired) electrons. The van der Waals surface area contributed by atoms with Crippen LogP contribution in [0.5, 0.6) is 0 Å². The van der Waals surface area contributed by atoms with E-state index in [1.807, 2.05) is 12.1 Å². The Hall–Kier alpha value is -0.540. The summed E-state index contributed by atoms with van der Waals surface area (Å²) < 4.78 is 13.5. The lowest BCUT2D eigenvalue weighted by atomic mass is 9.74. The minimum Gasteiger partial charge on any atom is -0.327 e. The molecule has 0 heterocycles. The van der Waals surface area contributed by atoms with Gasteiger partial charge < -0.3 is 5.73 Å². The summed E-state index contributed by atoms with van der Waals surface area (Å²) in [5.74, 6) is 2.87. The zero-order valence-corrected chi connectivity index (χ0v) is 12.6. The number of hydrogen-bond donors (Lipinski definition) is 1. The zero-order valence-electron chi connectivity index (χ0n) is 11.8.